The van der Waals surface area contributed by atoms with Crippen molar-refractivity contribution in [2.45, 2.75) is 0 Å². The van der Waals surface area contributed by atoms with Gasteiger partial charge in [-0.15, -0.1) is 0 Å². The van der Waals surface area contributed by atoms with Gasteiger partial charge in [-0.05, 0) is 0 Å². The van der Waals surface area contributed by atoms with E-state index < -0.39 is 0 Å². The van der Waals surface area contributed by atoms with Crippen molar-refractivity contribution in [3.63, 3.8) is 0 Å². The molecule has 0 aliphatic carbocycles. The van der Waals surface area contributed by atoms with Crippen molar-refractivity contribution in [2.75, 3.05) is 0 Å². The number of rotatable bonds is 0. The van der Waals surface area contributed by atoms with E-state index in [-0.39, 0.29) is 0 Å². The van der Waals surface area contributed by atoms with Crippen molar-refractivity contribution in [1.29, 1.82) is 0 Å². The molecule has 0 saturated carbocycles. The molecule has 0 aromatic carbocycles. The minimum atomic E-state index is 2.83. The van der Waals surface area contributed by atoms with Crippen LogP contribution < -0.4 is 0 Å². The second-order valence-electron chi connectivity index (χ2n) is 0. The van der Waals surface area contributed by atoms with Gasteiger partial charge >= 0.3 is 49.9 Å². The van der Waals surface area contributed by atoms with E-state index in [9.17, 15) is 0 Å². The molecule has 0 aliphatic rings. The van der Waals surface area contributed by atoms with Gasteiger partial charge in [0.2, 0.25) is 0 Å². The summed E-state index contributed by atoms with van der Waals surface area (Å²) in [6.45, 7) is 0. The van der Waals surface area contributed by atoms with Crippen LogP contribution in [-0.2, 0) is 28.8 Å². The van der Waals surface area contributed by atoms with E-state index in [4.69, 9.17) is 0 Å². The molecule has 0 N–H and O–H groups in total. The Bertz CT molecular complexity index is 6.00. The average Bonchev–Trinajstić information content (AvgIpc) is 1.50. The Balaban J connectivity index is 0. The first-order valence-electron chi connectivity index (χ1n) is 0.289. The Kier molecular flexibility index (Phi) is 56.3. The van der Waals surface area contributed by atoms with Crippen LogP contribution >= 0.6 is 21.1 Å². The molecule has 0 saturated heterocycles. The summed E-state index contributed by atoms with van der Waals surface area (Å²) in [6, 6.07) is 0. The SMILES string of the molecule is [S]=[Fe].[S]=[Fe]. The van der Waals surface area contributed by atoms with Crippen molar-refractivity contribution >= 4 is 21.1 Å². The molecule has 0 atom stereocenters. The number of hydrogen-bond donors (Lipinski definition) is 0. The van der Waals surface area contributed by atoms with E-state index in [2.05, 4.69) is 49.9 Å². The fraction of sp³-hybridized carbons (Fsp3) is 0. The third kappa shape index (κ3) is 9.77. The molecule has 4 heavy (non-hydrogen) atoms. The van der Waals surface area contributed by atoms with E-state index in [0.717, 1.165) is 0 Å². The van der Waals surface area contributed by atoms with E-state index in [1.54, 1.807) is 0 Å². The molecular weight excluding hydrogens is 176 g/mol. The Morgan fingerprint density at radius 3 is 0.750 bits per heavy atom. The molecule has 0 radical (unpaired) electrons. The first-order chi connectivity index (χ1) is 2.00. The Labute approximate surface area is 49.7 Å². The summed E-state index contributed by atoms with van der Waals surface area (Å²) in [7, 11) is 7.67. The summed E-state index contributed by atoms with van der Waals surface area (Å²) >= 11 is 5.67. The molecule has 0 aliphatic heterocycles. The van der Waals surface area contributed by atoms with Crippen LogP contribution in [0.25, 0.3) is 0 Å². The summed E-state index contributed by atoms with van der Waals surface area (Å²) in [5.74, 6) is 0. The molecule has 0 amide bonds. The summed E-state index contributed by atoms with van der Waals surface area (Å²) in [6.07, 6.45) is 0. The van der Waals surface area contributed by atoms with Gasteiger partial charge in [-0.25, -0.2) is 0 Å². The predicted molar refractivity (Wildman–Crippen MR) is 15.2 cm³/mol. The molecule has 0 unspecified atom stereocenters. The molecule has 0 aromatic rings. The van der Waals surface area contributed by atoms with Gasteiger partial charge in [0.05, 0.1) is 0 Å². The van der Waals surface area contributed by atoms with Gasteiger partial charge in [0, 0.05) is 0 Å². The van der Waals surface area contributed by atoms with Gasteiger partial charge in [0.1, 0.15) is 0 Å². The maximum absolute atomic E-state index is 3.83. The molecule has 0 rings (SSSR count). The molecule has 0 fully saturated rings. The first-order valence-corrected chi connectivity index (χ1v) is 3.57. The van der Waals surface area contributed by atoms with Gasteiger partial charge in [-0.1, -0.05) is 0 Å². The molecule has 0 bridgehead atoms. The average molecular weight is 176 g/mol. The van der Waals surface area contributed by atoms with E-state index in [1.807, 2.05) is 0 Å². The van der Waals surface area contributed by atoms with Gasteiger partial charge < -0.3 is 0 Å². The molecule has 0 heterocycles. The third-order valence-electron chi connectivity index (χ3n) is 0. The summed E-state index contributed by atoms with van der Waals surface area (Å²) in [4.78, 5) is 0. The fourth-order valence-corrected chi connectivity index (χ4v) is 0. The van der Waals surface area contributed by atoms with Gasteiger partial charge in [-0.3, -0.25) is 0 Å². The Morgan fingerprint density at radius 2 is 0.750 bits per heavy atom. The zero-order valence-electron chi connectivity index (χ0n) is 1.52. The van der Waals surface area contributed by atoms with Crippen molar-refractivity contribution in [1.82, 2.24) is 0 Å². The monoisotopic (exact) mass is 176 g/mol. The maximum atomic E-state index is 3.83. The quantitative estimate of drug-likeness (QED) is 0.510. The Morgan fingerprint density at radius 1 is 0.750 bits per heavy atom. The second kappa shape index (κ2) is 24.8. The minimum absolute atomic E-state index is 2.83. The van der Waals surface area contributed by atoms with Crippen LogP contribution in [0.1, 0.15) is 0 Å². The predicted octanol–water partition coefficient (Wildman–Crippen LogP) is 1.29. The van der Waals surface area contributed by atoms with Gasteiger partial charge in [-0.2, -0.15) is 0 Å². The topological polar surface area (TPSA) is 0 Å². The molecule has 0 spiro atoms. The summed E-state index contributed by atoms with van der Waals surface area (Å²) in [5.41, 5.74) is 0. The standard InChI is InChI=1S/2Fe.2S. The molecule has 0 nitrogen and oxygen atoms in total. The van der Waals surface area contributed by atoms with Gasteiger partial charge in [0.15, 0.2) is 0 Å². The summed E-state index contributed by atoms with van der Waals surface area (Å²) < 4.78 is 0. The second-order valence-corrected chi connectivity index (χ2v) is 0. The van der Waals surface area contributed by atoms with Crippen LogP contribution in [0.2, 0.25) is 0 Å². The van der Waals surface area contributed by atoms with Crippen LogP contribution in [0.4, 0.5) is 0 Å². The number of hydrogen-bond acceptors (Lipinski definition) is 2. The molecule has 4 heteroatoms. The molecule has 0 aromatic heterocycles. The van der Waals surface area contributed by atoms with E-state index in [0.29, 0.717) is 0 Å². The summed E-state index contributed by atoms with van der Waals surface area (Å²) in [5, 5.41) is 0. The van der Waals surface area contributed by atoms with Crippen LogP contribution in [0, 0.1) is 0 Å². The van der Waals surface area contributed by atoms with Crippen LogP contribution in [0.15, 0.2) is 0 Å². The van der Waals surface area contributed by atoms with Crippen LogP contribution in [-0.4, -0.2) is 0 Å². The van der Waals surface area contributed by atoms with Crippen LogP contribution in [0.3, 0.4) is 0 Å². The van der Waals surface area contributed by atoms with E-state index >= 15 is 0 Å². The third-order valence-corrected chi connectivity index (χ3v) is 0. The van der Waals surface area contributed by atoms with Crippen molar-refractivity contribution in [2.24, 2.45) is 0 Å². The Hall–Kier alpha value is 1.48. The van der Waals surface area contributed by atoms with E-state index in [1.165, 1.54) is 0 Å². The zero-order valence-corrected chi connectivity index (χ0v) is 5.36. The fourth-order valence-electron chi connectivity index (χ4n) is 0. The van der Waals surface area contributed by atoms with Crippen molar-refractivity contribution < 1.29 is 28.8 Å². The van der Waals surface area contributed by atoms with Crippen molar-refractivity contribution in [3.05, 3.63) is 0 Å². The molecule has 28 valence electrons. The zero-order chi connectivity index (χ0) is 4.00. The van der Waals surface area contributed by atoms with Gasteiger partial charge in [0.25, 0.3) is 0 Å². The van der Waals surface area contributed by atoms with Crippen molar-refractivity contribution in [3.8, 4) is 0 Å². The van der Waals surface area contributed by atoms with Crippen LogP contribution in [0.5, 0.6) is 0 Å². The molecular formula is Fe2S2. The normalized spacial score (nSPS) is 2.50. The first kappa shape index (κ1) is 9.08.